The van der Waals surface area contributed by atoms with Crippen LogP contribution in [-0.4, -0.2) is 11.8 Å². The molecular weight excluding hydrogens is 432 g/mol. The average molecular weight is 457 g/mol. The number of nitrogens with one attached hydrogen (secondary N) is 1. The molecule has 1 unspecified atom stereocenters. The van der Waals surface area contributed by atoms with Crippen LogP contribution >= 0.6 is 11.6 Å². The van der Waals surface area contributed by atoms with E-state index in [9.17, 15) is 9.59 Å². The van der Waals surface area contributed by atoms with E-state index in [0.717, 1.165) is 12.0 Å². The second-order valence-electron chi connectivity index (χ2n) is 7.83. The van der Waals surface area contributed by atoms with E-state index in [1.807, 2.05) is 78.9 Å². The summed E-state index contributed by atoms with van der Waals surface area (Å²) in [5, 5.41) is 3.59. The number of anilines is 1. The van der Waals surface area contributed by atoms with Crippen LogP contribution in [0.1, 0.15) is 30.0 Å². The zero-order chi connectivity index (χ0) is 23.0. The Balaban J connectivity index is 1.74. The summed E-state index contributed by atoms with van der Waals surface area (Å²) in [4.78, 5) is 29.0. The highest BCUT2D eigenvalue weighted by molar-refractivity contribution is 6.30. The highest BCUT2D eigenvalue weighted by Crippen LogP contribution is 2.31. The van der Waals surface area contributed by atoms with E-state index in [1.54, 1.807) is 29.2 Å². The number of benzene rings is 3. The fourth-order valence-electron chi connectivity index (χ4n) is 3.85. The van der Waals surface area contributed by atoms with E-state index >= 15 is 0 Å². The molecule has 0 aromatic heterocycles. The molecule has 0 fully saturated rings. The Hall–Kier alpha value is -3.63. The number of nitrogens with zero attached hydrogens (tertiary/aromatic N) is 1. The highest BCUT2D eigenvalue weighted by atomic mass is 35.5. The third kappa shape index (κ3) is 5.60. The summed E-state index contributed by atoms with van der Waals surface area (Å²) in [6.45, 7) is 0.367. The van der Waals surface area contributed by atoms with Crippen molar-refractivity contribution in [1.29, 1.82) is 0 Å². The number of carbonyl (C=O) groups is 2. The van der Waals surface area contributed by atoms with Gasteiger partial charge in [-0.25, -0.2) is 0 Å². The topological polar surface area (TPSA) is 49.4 Å². The number of halogens is 1. The van der Waals surface area contributed by atoms with Crippen molar-refractivity contribution in [3.63, 3.8) is 0 Å². The predicted octanol–water partition coefficient (Wildman–Crippen LogP) is 6.01. The average Bonchev–Trinajstić information content (AvgIpc) is 2.88. The molecule has 166 valence electrons. The molecule has 4 nitrogen and oxygen atoms in total. The molecule has 3 aromatic rings. The van der Waals surface area contributed by atoms with E-state index in [-0.39, 0.29) is 11.8 Å². The van der Waals surface area contributed by atoms with Gasteiger partial charge in [0.2, 0.25) is 5.91 Å². The fourth-order valence-corrected chi connectivity index (χ4v) is 3.98. The maximum Gasteiger partial charge on any atom is 0.255 e. The van der Waals surface area contributed by atoms with Gasteiger partial charge in [-0.15, -0.1) is 0 Å². The molecular formula is C28H25ClN2O2. The second-order valence-corrected chi connectivity index (χ2v) is 8.26. The Bertz CT molecular complexity index is 1160. The quantitative estimate of drug-likeness (QED) is 0.473. The lowest BCUT2D eigenvalue weighted by Gasteiger charge is -2.32. The molecule has 33 heavy (non-hydrogen) atoms. The Morgan fingerprint density at radius 1 is 0.909 bits per heavy atom. The number of allylic oxidation sites excluding steroid dienone is 3. The number of carbonyl (C=O) groups excluding carboxylic acids is 2. The summed E-state index contributed by atoms with van der Waals surface area (Å²) in [6.07, 6.45) is 7.20. The largest absolute Gasteiger partial charge is 0.350 e. The number of rotatable bonds is 7. The van der Waals surface area contributed by atoms with Crippen molar-refractivity contribution in [2.45, 2.75) is 25.4 Å². The summed E-state index contributed by atoms with van der Waals surface area (Å²) < 4.78 is 0. The molecule has 3 aromatic carbocycles. The molecule has 0 saturated carbocycles. The molecule has 4 rings (SSSR count). The summed E-state index contributed by atoms with van der Waals surface area (Å²) in [7, 11) is 0. The molecule has 0 heterocycles. The summed E-state index contributed by atoms with van der Waals surface area (Å²) in [6, 6.07) is 25.3. The molecule has 0 bridgehead atoms. The van der Waals surface area contributed by atoms with Gasteiger partial charge in [0, 0.05) is 22.8 Å². The predicted molar refractivity (Wildman–Crippen MR) is 133 cm³/mol. The first-order valence-corrected chi connectivity index (χ1v) is 11.3. The molecule has 1 N–H and O–H groups in total. The summed E-state index contributed by atoms with van der Waals surface area (Å²) in [5.74, 6) is -0.439. The third-order valence-corrected chi connectivity index (χ3v) is 5.80. The minimum absolute atomic E-state index is 0.180. The van der Waals surface area contributed by atoms with Crippen LogP contribution in [0.4, 0.5) is 5.69 Å². The standard InChI is InChI=1S/C28H25ClN2O2/c29-24-18-16-22(17-19-24)26(27(32)30-20-21-10-4-1-5-11-21)31(25-14-8-3-9-15-25)28(33)23-12-6-2-7-13-23/h1-6,8-12,14-19,26H,7,13,20H2,(H,30,32). The zero-order valence-corrected chi connectivity index (χ0v) is 18.9. The van der Waals surface area contributed by atoms with Gasteiger partial charge in [-0.05, 0) is 48.2 Å². The van der Waals surface area contributed by atoms with Crippen LogP contribution in [0.2, 0.25) is 5.02 Å². The molecule has 0 saturated heterocycles. The maximum atomic E-state index is 13.8. The van der Waals surface area contributed by atoms with Gasteiger partial charge >= 0.3 is 0 Å². The lowest BCUT2D eigenvalue weighted by atomic mass is 9.98. The maximum absolute atomic E-state index is 13.8. The van der Waals surface area contributed by atoms with Gasteiger partial charge in [-0.2, -0.15) is 0 Å². The van der Waals surface area contributed by atoms with Crippen molar-refractivity contribution in [1.82, 2.24) is 5.32 Å². The summed E-state index contributed by atoms with van der Waals surface area (Å²) >= 11 is 6.12. The van der Waals surface area contributed by atoms with E-state index in [4.69, 9.17) is 11.6 Å². The Kier molecular flexibility index (Phi) is 7.38. The number of hydrogen-bond donors (Lipinski definition) is 1. The number of para-hydroxylation sites is 1. The van der Waals surface area contributed by atoms with Crippen molar-refractivity contribution in [3.05, 3.63) is 125 Å². The first-order valence-electron chi connectivity index (χ1n) is 10.9. The molecule has 1 aliphatic rings. The van der Waals surface area contributed by atoms with Gasteiger partial charge in [-0.1, -0.05) is 90.5 Å². The van der Waals surface area contributed by atoms with Crippen LogP contribution in [0.3, 0.4) is 0 Å². The van der Waals surface area contributed by atoms with Gasteiger partial charge in [0.05, 0.1) is 0 Å². The third-order valence-electron chi connectivity index (χ3n) is 5.54. The Labute approximate surface area is 199 Å². The first kappa shape index (κ1) is 22.6. The highest BCUT2D eigenvalue weighted by Gasteiger charge is 2.34. The molecule has 2 amide bonds. The van der Waals surface area contributed by atoms with Crippen LogP contribution < -0.4 is 10.2 Å². The van der Waals surface area contributed by atoms with Crippen LogP contribution in [0.15, 0.2) is 109 Å². The van der Waals surface area contributed by atoms with Crippen molar-refractivity contribution in [2.24, 2.45) is 0 Å². The molecule has 0 radical (unpaired) electrons. The van der Waals surface area contributed by atoms with Gasteiger partial charge in [0.1, 0.15) is 6.04 Å². The SMILES string of the molecule is O=C(NCc1ccccc1)C(c1ccc(Cl)cc1)N(C(=O)C1=CC=CCC1)c1ccccc1. The van der Waals surface area contributed by atoms with Crippen LogP contribution in [0.5, 0.6) is 0 Å². The van der Waals surface area contributed by atoms with Crippen LogP contribution in [0.25, 0.3) is 0 Å². The molecule has 1 aliphatic carbocycles. The van der Waals surface area contributed by atoms with Crippen molar-refractivity contribution < 1.29 is 9.59 Å². The van der Waals surface area contributed by atoms with E-state index in [1.165, 1.54) is 0 Å². The molecule has 0 aliphatic heterocycles. The van der Waals surface area contributed by atoms with Crippen molar-refractivity contribution in [3.8, 4) is 0 Å². The van der Waals surface area contributed by atoms with Crippen molar-refractivity contribution in [2.75, 3.05) is 4.90 Å². The van der Waals surface area contributed by atoms with Gasteiger partial charge in [0.15, 0.2) is 0 Å². The van der Waals surface area contributed by atoms with Crippen LogP contribution in [-0.2, 0) is 16.1 Å². The number of hydrogen-bond acceptors (Lipinski definition) is 2. The van der Waals surface area contributed by atoms with E-state index in [2.05, 4.69) is 5.32 Å². The van der Waals surface area contributed by atoms with Gasteiger partial charge in [-0.3, -0.25) is 14.5 Å². The van der Waals surface area contributed by atoms with E-state index in [0.29, 0.717) is 34.8 Å². The lowest BCUT2D eigenvalue weighted by molar-refractivity contribution is -0.125. The normalized spacial score (nSPS) is 13.7. The Morgan fingerprint density at radius 3 is 2.21 bits per heavy atom. The van der Waals surface area contributed by atoms with Crippen molar-refractivity contribution >= 4 is 29.1 Å². The van der Waals surface area contributed by atoms with Crippen LogP contribution in [0, 0.1) is 0 Å². The first-order chi connectivity index (χ1) is 16.1. The van der Waals surface area contributed by atoms with Gasteiger partial charge < -0.3 is 5.32 Å². The Morgan fingerprint density at radius 2 is 1.58 bits per heavy atom. The smallest absolute Gasteiger partial charge is 0.255 e. The lowest BCUT2D eigenvalue weighted by Crippen LogP contribution is -2.44. The second kappa shape index (κ2) is 10.8. The fraction of sp³-hybridized carbons (Fsp3) is 0.143. The minimum Gasteiger partial charge on any atom is -0.350 e. The van der Waals surface area contributed by atoms with E-state index < -0.39 is 6.04 Å². The monoisotopic (exact) mass is 456 g/mol. The zero-order valence-electron chi connectivity index (χ0n) is 18.2. The minimum atomic E-state index is -0.854. The molecule has 1 atom stereocenters. The number of amides is 2. The molecule has 0 spiro atoms. The van der Waals surface area contributed by atoms with Gasteiger partial charge in [0.25, 0.3) is 5.91 Å². The summed E-state index contributed by atoms with van der Waals surface area (Å²) in [5.41, 5.74) is 3.01. The molecule has 5 heteroatoms.